The summed E-state index contributed by atoms with van der Waals surface area (Å²) in [6, 6.07) is 5.85. The summed E-state index contributed by atoms with van der Waals surface area (Å²) in [5.74, 6) is -2.59. The number of nitrogens with zero attached hydrogens (tertiary/aromatic N) is 2. The van der Waals surface area contributed by atoms with Crippen molar-refractivity contribution in [2.45, 2.75) is 122 Å². The Morgan fingerprint density at radius 3 is 2.24 bits per heavy atom. The number of nitrogens with one attached hydrogen (secondary N) is 3. The first-order valence-electron chi connectivity index (χ1n) is 16.8. The number of aliphatic imine (C=N–C) groups is 1. The van der Waals surface area contributed by atoms with Crippen molar-refractivity contribution >= 4 is 36.3 Å². The van der Waals surface area contributed by atoms with Gasteiger partial charge in [-0.1, -0.05) is 96.6 Å². The van der Waals surface area contributed by atoms with Crippen molar-refractivity contribution in [2.75, 3.05) is 6.54 Å². The quantitative estimate of drug-likeness (QED) is 0.202. The van der Waals surface area contributed by atoms with Gasteiger partial charge in [-0.15, -0.1) is 0 Å². The highest BCUT2D eigenvalue weighted by Crippen LogP contribution is 2.39. The number of Topliss-reactive ketones (excluding diaryl/α,β-unsaturated/α-hetero) is 1. The normalized spacial score (nSPS) is 23.0. The predicted molar refractivity (Wildman–Crippen MR) is 175 cm³/mol. The number of aliphatic hydroxyl groups is 1. The second-order valence-electron chi connectivity index (χ2n) is 14.4. The number of ketones is 1. The van der Waals surface area contributed by atoms with Crippen molar-refractivity contribution < 1.29 is 29.1 Å². The number of aliphatic hydroxyl groups excluding tert-OH is 1. The Bertz CT molecular complexity index is 1280. The van der Waals surface area contributed by atoms with Crippen LogP contribution in [0, 0.1) is 17.3 Å². The second kappa shape index (κ2) is 14.9. The third-order valence-electron chi connectivity index (χ3n) is 9.99. The van der Waals surface area contributed by atoms with Gasteiger partial charge in [-0.3, -0.25) is 19.2 Å². The summed E-state index contributed by atoms with van der Waals surface area (Å²) in [6.45, 7) is 11.0. The second-order valence-corrected chi connectivity index (χ2v) is 14.4. The van der Waals surface area contributed by atoms with Crippen molar-refractivity contribution in [1.29, 1.82) is 0 Å². The molecule has 0 radical (unpaired) electrons. The van der Waals surface area contributed by atoms with Gasteiger partial charge in [0.05, 0.1) is 11.6 Å². The lowest BCUT2D eigenvalue weighted by Gasteiger charge is -2.43. The molecule has 1 aromatic rings. The SMILES string of the molecule is C=NC(=O)C(=O)C(CC1CC1)NC(=O)C1[C@@H](CC)CCN1C(=O)C(NC(=O)NC1(C(O)c2ccccc2)CCCCC1)C(C)(C)C. The van der Waals surface area contributed by atoms with Gasteiger partial charge in [0, 0.05) is 6.54 Å². The number of urea groups is 1. The number of carbonyl (C=O) groups is 5. The van der Waals surface area contributed by atoms with Crippen molar-refractivity contribution in [3.8, 4) is 0 Å². The molecule has 1 aliphatic heterocycles. The third kappa shape index (κ3) is 8.21. The highest BCUT2D eigenvalue weighted by Gasteiger charge is 2.48. The highest BCUT2D eigenvalue weighted by molar-refractivity contribution is 6.39. The molecule has 4 rings (SSSR count). The molecular formula is C35H51N5O6. The van der Waals surface area contributed by atoms with Crippen LogP contribution in [0.3, 0.4) is 0 Å². The van der Waals surface area contributed by atoms with Gasteiger partial charge in [-0.2, -0.15) is 0 Å². The highest BCUT2D eigenvalue weighted by atomic mass is 16.3. The summed E-state index contributed by atoms with van der Waals surface area (Å²) in [5, 5.41) is 20.3. The monoisotopic (exact) mass is 637 g/mol. The Balaban J connectivity index is 1.53. The van der Waals surface area contributed by atoms with E-state index < -0.39 is 64.7 Å². The number of amides is 5. The van der Waals surface area contributed by atoms with Crippen LogP contribution in [0.25, 0.3) is 0 Å². The third-order valence-corrected chi connectivity index (χ3v) is 9.99. The van der Waals surface area contributed by atoms with Gasteiger partial charge in [-0.25, -0.2) is 9.79 Å². The number of benzene rings is 1. The number of rotatable bonds is 12. The number of hydrogen-bond donors (Lipinski definition) is 4. The predicted octanol–water partition coefficient (Wildman–Crippen LogP) is 3.85. The Hall–Kier alpha value is -3.60. The minimum absolute atomic E-state index is 0.158. The van der Waals surface area contributed by atoms with Crippen LogP contribution in [0.1, 0.15) is 104 Å². The minimum atomic E-state index is -1.03. The molecule has 0 aromatic heterocycles. The number of hydrogen-bond acceptors (Lipinski definition) is 6. The number of likely N-dealkylation sites (tertiary alicyclic amines) is 1. The molecule has 5 atom stereocenters. The smallest absolute Gasteiger partial charge is 0.315 e. The van der Waals surface area contributed by atoms with E-state index in [9.17, 15) is 29.1 Å². The molecule has 3 fully saturated rings. The van der Waals surface area contributed by atoms with E-state index in [1.165, 1.54) is 4.90 Å². The van der Waals surface area contributed by atoms with Crippen LogP contribution in [0.5, 0.6) is 0 Å². The van der Waals surface area contributed by atoms with Crippen molar-refractivity contribution in [1.82, 2.24) is 20.9 Å². The van der Waals surface area contributed by atoms with E-state index in [0.29, 0.717) is 44.2 Å². The van der Waals surface area contributed by atoms with Gasteiger partial charge in [0.25, 0.3) is 0 Å². The average molecular weight is 638 g/mol. The molecule has 4 unspecified atom stereocenters. The van der Waals surface area contributed by atoms with Gasteiger partial charge < -0.3 is 26.0 Å². The molecular weight excluding hydrogens is 586 g/mol. The fourth-order valence-corrected chi connectivity index (χ4v) is 7.10. The molecule has 2 aliphatic carbocycles. The molecule has 0 spiro atoms. The zero-order valence-corrected chi connectivity index (χ0v) is 27.7. The lowest BCUT2D eigenvalue weighted by atomic mass is 9.75. The zero-order chi connectivity index (χ0) is 33.6. The summed E-state index contributed by atoms with van der Waals surface area (Å²) >= 11 is 0. The number of carbonyl (C=O) groups excluding carboxylic acids is 5. The van der Waals surface area contributed by atoms with E-state index in [0.717, 1.165) is 32.1 Å². The zero-order valence-electron chi connectivity index (χ0n) is 27.7. The van der Waals surface area contributed by atoms with Crippen LogP contribution >= 0.6 is 0 Å². The van der Waals surface area contributed by atoms with Crippen LogP contribution in [-0.4, -0.2) is 76.5 Å². The fraction of sp³-hybridized carbons (Fsp3) is 0.657. The summed E-state index contributed by atoms with van der Waals surface area (Å²) in [4.78, 5) is 71.5. The molecule has 2 saturated carbocycles. The first-order chi connectivity index (χ1) is 21.8. The van der Waals surface area contributed by atoms with Crippen molar-refractivity contribution in [3.05, 3.63) is 35.9 Å². The maximum atomic E-state index is 14.3. The van der Waals surface area contributed by atoms with Gasteiger partial charge in [-0.05, 0) is 55.2 Å². The molecule has 252 valence electrons. The molecule has 3 aliphatic rings. The van der Waals surface area contributed by atoms with Crippen molar-refractivity contribution in [3.63, 3.8) is 0 Å². The Morgan fingerprint density at radius 2 is 1.67 bits per heavy atom. The molecule has 11 nitrogen and oxygen atoms in total. The first kappa shape index (κ1) is 35.3. The van der Waals surface area contributed by atoms with Crippen LogP contribution < -0.4 is 16.0 Å². The van der Waals surface area contributed by atoms with Crippen LogP contribution in [-0.2, 0) is 19.2 Å². The summed E-state index contributed by atoms with van der Waals surface area (Å²) < 4.78 is 0. The average Bonchev–Trinajstić information content (AvgIpc) is 3.76. The van der Waals surface area contributed by atoms with E-state index in [2.05, 4.69) is 27.7 Å². The molecule has 0 bridgehead atoms. The molecule has 5 amide bonds. The van der Waals surface area contributed by atoms with Gasteiger partial charge >= 0.3 is 11.9 Å². The Kier molecular flexibility index (Phi) is 11.4. The van der Waals surface area contributed by atoms with E-state index >= 15 is 0 Å². The minimum Gasteiger partial charge on any atom is -0.386 e. The Labute approximate surface area is 272 Å². The lowest BCUT2D eigenvalue weighted by Crippen LogP contribution is -2.63. The van der Waals surface area contributed by atoms with Gasteiger partial charge in [0.1, 0.15) is 18.2 Å². The van der Waals surface area contributed by atoms with E-state index in [1.54, 1.807) is 0 Å². The molecule has 1 aromatic carbocycles. The van der Waals surface area contributed by atoms with Gasteiger partial charge in [0.2, 0.25) is 17.6 Å². The maximum absolute atomic E-state index is 14.3. The standard InChI is InChI=1S/C35H51N5O6/c1-6-23-17-20-40(26(23)30(43)37-25(21-22-15-16-22)27(41)31(44)36-5)32(45)28(34(2,3)4)38-33(46)39-35(18-11-8-12-19-35)29(42)24-13-9-7-10-14-24/h7,9-10,13-14,22-23,25-26,28-29,42H,5-6,8,11-12,15-21H2,1-4H3,(H,37,43)(H2,38,39,46)/t23-,25?,26?,28?,29?/m0/s1. The summed E-state index contributed by atoms with van der Waals surface area (Å²) in [5.41, 5.74) is -0.891. The van der Waals surface area contributed by atoms with E-state index in [-0.39, 0.29) is 11.8 Å². The lowest BCUT2D eigenvalue weighted by molar-refractivity contribution is -0.144. The van der Waals surface area contributed by atoms with E-state index in [1.807, 2.05) is 58.0 Å². The molecule has 1 heterocycles. The summed E-state index contributed by atoms with van der Waals surface area (Å²) in [7, 11) is 0. The topological polar surface area (TPSA) is 157 Å². The Morgan fingerprint density at radius 1 is 1.02 bits per heavy atom. The molecule has 46 heavy (non-hydrogen) atoms. The van der Waals surface area contributed by atoms with E-state index in [4.69, 9.17) is 0 Å². The summed E-state index contributed by atoms with van der Waals surface area (Å²) in [6.07, 6.45) is 6.40. The maximum Gasteiger partial charge on any atom is 0.315 e. The van der Waals surface area contributed by atoms with Crippen LogP contribution in [0.2, 0.25) is 0 Å². The molecule has 11 heteroatoms. The fourth-order valence-electron chi connectivity index (χ4n) is 7.10. The largest absolute Gasteiger partial charge is 0.386 e. The van der Waals surface area contributed by atoms with Gasteiger partial charge in [0.15, 0.2) is 0 Å². The molecule has 4 N–H and O–H groups in total. The van der Waals surface area contributed by atoms with Crippen LogP contribution in [0.4, 0.5) is 4.79 Å². The molecule has 1 saturated heterocycles. The van der Waals surface area contributed by atoms with Crippen LogP contribution in [0.15, 0.2) is 35.3 Å². The first-order valence-corrected chi connectivity index (χ1v) is 16.8. The van der Waals surface area contributed by atoms with Crippen molar-refractivity contribution in [2.24, 2.45) is 22.2 Å².